The minimum Gasteiger partial charge on any atom is -0.496 e. The molecule has 0 amide bonds. The van der Waals surface area contributed by atoms with Crippen molar-refractivity contribution in [3.05, 3.63) is 101 Å². The van der Waals surface area contributed by atoms with E-state index in [0.29, 0.717) is 5.92 Å². The molecule has 0 saturated carbocycles. The molecule has 3 aromatic rings. The standard InChI is InChI=1S/C22H22O/c1-17-10-9-15-22(23-2)20(17)16-21(18-11-5-3-6-12-18)19-13-7-4-8-14-19/h3-15,21H,16H2,1-2H3. The van der Waals surface area contributed by atoms with E-state index in [1.807, 2.05) is 0 Å². The zero-order valence-electron chi connectivity index (χ0n) is 13.7. The Morgan fingerprint density at radius 3 is 1.83 bits per heavy atom. The summed E-state index contributed by atoms with van der Waals surface area (Å²) in [5, 5.41) is 0. The zero-order valence-corrected chi connectivity index (χ0v) is 13.7. The number of rotatable bonds is 5. The van der Waals surface area contributed by atoms with Crippen molar-refractivity contribution < 1.29 is 4.74 Å². The van der Waals surface area contributed by atoms with E-state index < -0.39 is 0 Å². The highest BCUT2D eigenvalue weighted by Crippen LogP contribution is 2.33. The molecule has 0 fully saturated rings. The summed E-state index contributed by atoms with van der Waals surface area (Å²) in [5.74, 6) is 1.30. The Kier molecular flexibility index (Phi) is 4.77. The van der Waals surface area contributed by atoms with Crippen molar-refractivity contribution in [2.24, 2.45) is 0 Å². The lowest BCUT2D eigenvalue weighted by Gasteiger charge is -2.21. The fourth-order valence-corrected chi connectivity index (χ4v) is 3.13. The zero-order chi connectivity index (χ0) is 16.1. The van der Waals surface area contributed by atoms with Crippen LogP contribution in [-0.4, -0.2) is 7.11 Å². The highest BCUT2D eigenvalue weighted by Gasteiger charge is 2.18. The van der Waals surface area contributed by atoms with Crippen LogP contribution < -0.4 is 4.74 Å². The third-order valence-corrected chi connectivity index (χ3v) is 4.40. The summed E-state index contributed by atoms with van der Waals surface area (Å²) in [4.78, 5) is 0. The van der Waals surface area contributed by atoms with Crippen molar-refractivity contribution in [2.75, 3.05) is 7.11 Å². The van der Waals surface area contributed by atoms with Gasteiger partial charge < -0.3 is 4.74 Å². The monoisotopic (exact) mass is 302 g/mol. The van der Waals surface area contributed by atoms with Crippen LogP contribution in [0.3, 0.4) is 0 Å². The van der Waals surface area contributed by atoms with Crippen LogP contribution in [0.2, 0.25) is 0 Å². The largest absolute Gasteiger partial charge is 0.496 e. The summed E-state index contributed by atoms with van der Waals surface area (Å²) < 4.78 is 5.60. The second-order valence-corrected chi connectivity index (χ2v) is 5.83. The van der Waals surface area contributed by atoms with Crippen LogP contribution in [0.1, 0.15) is 28.2 Å². The van der Waals surface area contributed by atoms with E-state index >= 15 is 0 Å². The molecule has 0 radical (unpaired) electrons. The van der Waals surface area contributed by atoms with Crippen molar-refractivity contribution in [3.63, 3.8) is 0 Å². The smallest absolute Gasteiger partial charge is 0.122 e. The predicted octanol–water partition coefficient (Wildman–Crippen LogP) is 5.38. The van der Waals surface area contributed by atoms with Crippen LogP contribution in [-0.2, 0) is 6.42 Å². The molecule has 0 aromatic heterocycles. The molecule has 0 unspecified atom stereocenters. The maximum Gasteiger partial charge on any atom is 0.122 e. The number of ether oxygens (including phenoxy) is 1. The van der Waals surface area contributed by atoms with Crippen LogP contribution in [0.5, 0.6) is 5.75 Å². The van der Waals surface area contributed by atoms with E-state index in [1.165, 1.54) is 22.3 Å². The van der Waals surface area contributed by atoms with Crippen molar-refractivity contribution in [1.29, 1.82) is 0 Å². The van der Waals surface area contributed by atoms with E-state index in [9.17, 15) is 0 Å². The minimum atomic E-state index is 0.326. The minimum absolute atomic E-state index is 0.326. The van der Waals surface area contributed by atoms with Crippen LogP contribution in [0.15, 0.2) is 78.9 Å². The molecule has 0 saturated heterocycles. The molecule has 0 bridgehead atoms. The lowest BCUT2D eigenvalue weighted by Crippen LogP contribution is -2.07. The molecule has 0 spiro atoms. The molecular weight excluding hydrogens is 280 g/mol. The molecule has 23 heavy (non-hydrogen) atoms. The van der Waals surface area contributed by atoms with E-state index in [2.05, 4.69) is 85.8 Å². The summed E-state index contributed by atoms with van der Waals surface area (Å²) in [5.41, 5.74) is 5.24. The first kappa shape index (κ1) is 15.4. The maximum absolute atomic E-state index is 5.60. The molecule has 1 heteroatoms. The first-order valence-electron chi connectivity index (χ1n) is 8.02. The van der Waals surface area contributed by atoms with E-state index in [0.717, 1.165) is 12.2 Å². The number of hydrogen-bond acceptors (Lipinski definition) is 1. The van der Waals surface area contributed by atoms with Gasteiger partial charge in [-0.05, 0) is 41.7 Å². The van der Waals surface area contributed by atoms with Gasteiger partial charge >= 0.3 is 0 Å². The van der Waals surface area contributed by atoms with Gasteiger partial charge in [0.25, 0.3) is 0 Å². The van der Waals surface area contributed by atoms with Gasteiger partial charge in [0.2, 0.25) is 0 Å². The van der Waals surface area contributed by atoms with Gasteiger partial charge in [-0.15, -0.1) is 0 Å². The number of benzene rings is 3. The molecule has 0 aliphatic carbocycles. The van der Waals surface area contributed by atoms with Crippen LogP contribution in [0.25, 0.3) is 0 Å². The molecule has 1 nitrogen and oxygen atoms in total. The fourth-order valence-electron chi connectivity index (χ4n) is 3.13. The van der Waals surface area contributed by atoms with Gasteiger partial charge in [0.05, 0.1) is 7.11 Å². The normalized spacial score (nSPS) is 10.7. The molecule has 0 heterocycles. The maximum atomic E-state index is 5.60. The van der Waals surface area contributed by atoms with Crippen LogP contribution in [0.4, 0.5) is 0 Å². The lowest BCUT2D eigenvalue weighted by atomic mass is 9.84. The Balaban J connectivity index is 2.04. The SMILES string of the molecule is COc1cccc(C)c1CC(c1ccccc1)c1ccccc1. The molecule has 3 aromatic carbocycles. The van der Waals surface area contributed by atoms with Gasteiger partial charge in [0.1, 0.15) is 5.75 Å². The Hall–Kier alpha value is -2.54. The summed E-state index contributed by atoms with van der Waals surface area (Å²) in [7, 11) is 1.75. The van der Waals surface area contributed by atoms with Crippen LogP contribution in [0, 0.1) is 6.92 Å². The summed E-state index contributed by atoms with van der Waals surface area (Å²) in [6, 6.07) is 27.7. The number of methoxy groups -OCH3 is 1. The number of aryl methyl sites for hydroxylation is 1. The van der Waals surface area contributed by atoms with Gasteiger partial charge in [-0.3, -0.25) is 0 Å². The van der Waals surface area contributed by atoms with Crippen molar-refractivity contribution in [3.8, 4) is 5.75 Å². The van der Waals surface area contributed by atoms with E-state index in [-0.39, 0.29) is 0 Å². The predicted molar refractivity (Wildman–Crippen MR) is 96.2 cm³/mol. The molecule has 116 valence electrons. The Bertz CT molecular complexity index is 708. The fraction of sp³-hybridized carbons (Fsp3) is 0.182. The molecular formula is C22H22O. The average Bonchev–Trinajstić information content (AvgIpc) is 2.62. The third-order valence-electron chi connectivity index (χ3n) is 4.40. The molecule has 0 atom stereocenters. The van der Waals surface area contributed by atoms with Gasteiger partial charge in [-0.25, -0.2) is 0 Å². The van der Waals surface area contributed by atoms with Gasteiger partial charge in [-0.2, -0.15) is 0 Å². The van der Waals surface area contributed by atoms with E-state index in [1.54, 1.807) is 7.11 Å². The molecule has 0 aliphatic heterocycles. The summed E-state index contributed by atoms with van der Waals surface area (Å²) in [6.45, 7) is 2.16. The molecule has 0 aliphatic rings. The van der Waals surface area contributed by atoms with Crippen molar-refractivity contribution >= 4 is 0 Å². The van der Waals surface area contributed by atoms with Crippen molar-refractivity contribution in [1.82, 2.24) is 0 Å². The highest BCUT2D eigenvalue weighted by atomic mass is 16.5. The lowest BCUT2D eigenvalue weighted by molar-refractivity contribution is 0.408. The first-order valence-corrected chi connectivity index (χ1v) is 8.02. The van der Waals surface area contributed by atoms with Crippen molar-refractivity contribution in [2.45, 2.75) is 19.3 Å². The van der Waals surface area contributed by atoms with Gasteiger partial charge in [0, 0.05) is 5.92 Å². The topological polar surface area (TPSA) is 9.23 Å². The Labute approximate surface area is 138 Å². The summed E-state index contributed by atoms with van der Waals surface area (Å²) >= 11 is 0. The molecule has 0 N–H and O–H groups in total. The quantitative estimate of drug-likeness (QED) is 0.615. The van der Waals surface area contributed by atoms with Gasteiger partial charge in [0.15, 0.2) is 0 Å². The second kappa shape index (κ2) is 7.15. The molecule has 3 rings (SSSR count). The summed E-state index contributed by atoms with van der Waals surface area (Å²) in [6.07, 6.45) is 0.934. The Morgan fingerprint density at radius 2 is 1.30 bits per heavy atom. The second-order valence-electron chi connectivity index (χ2n) is 5.83. The van der Waals surface area contributed by atoms with E-state index in [4.69, 9.17) is 4.74 Å². The Morgan fingerprint density at radius 1 is 0.739 bits per heavy atom. The highest BCUT2D eigenvalue weighted by molar-refractivity contribution is 5.43. The average molecular weight is 302 g/mol. The van der Waals surface area contributed by atoms with Crippen LogP contribution >= 0.6 is 0 Å². The third kappa shape index (κ3) is 3.45. The van der Waals surface area contributed by atoms with Gasteiger partial charge in [-0.1, -0.05) is 72.8 Å². The first-order chi connectivity index (χ1) is 11.3. The number of hydrogen-bond donors (Lipinski definition) is 0.